The first-order valence-corrected chi connectivity index (χ1v) is 10.4. The third-order valence-corrected chi connectivity index (χ3v) is 6.02. The summed E-state index contributed by atoms with van der Waals surface area (Å²) < 4.78 is 0. The van der Waals surface area contributed by atoms with E-state index in [0.717, 1.165) is 26.2 Å². The zero-order valence-corrected chi connectivity index (χ0v) is 16.9. The summed E-state index contributed by atoms with van der Waals surface area (Å²) in [6.45, 7) is 6.30. The molecule has 1 aliphatic rings. The molecule has 146 valence electrons. The minimum Gasteiger partial charge on any atom is -0.358 e. The Kier molecular flexibility index (Phi) is 4.92. The molecule has 1 aliphatic heterocycles. The molecule has 0 atom stereocenters. The molecule has 3 nitrogen and oxygen atoms in total. The van der Waals surface area contributed by atoms with Gasteiger partial charge in [-0.15, -0.1) is 0 Å². The second kappa shape index (κ2) is 7.86. The van der Waals surface area contributed by atoms with Crippen molar-refractivity contribution in [1.29, 1.82) is 0 Å². The molecule has 1 N–H and O–H groups in total. The predicted octanol–water partition coefficient (Wildman–Crippen LogP) is 5.49. The molecular weight excluding hydrogens is 354 g/mol. The van der Waals surface area contributed by atoms with Gasteiger partial charge in [-0.2, -0.15) is 0 Å². The van der Waals surface area contributed by atoms with Crippen LogP contribution in [0.1, 0.15) is 28.6 Å². The molecule has 0 aliphatic carbocycles. The molecule has 3 heteroatoms. The van der Waals surface area contributed by atoms with Crippen LogP contribution in [0.25, 0.3) is 10.9 Å². The molecule has 1 saturated heterocycles. The van der Waals surface area contributed by atoms with Gasteiger partial charge in [0.1, 0.15) is 0 Å². The summed E-state index contributed by atoms with van der Waals surface area (Å²) >= 11 is 0. The maximum absolute atomic E-state index is 3.62. The average Bonchev–Trinajstić information content (AvgIpc) is 3.28. The largest absolute Gasteiger partial charge is 0.358 e. The zero-order valence-electron chi connectivity index (χ0n) is 16.9. The molecule has 3 aromatic carbocycles. The van der Waals surface area contributed by atoms with Crippen LogP contribution < -0.4 is 0 Å². The lowest BCUT2D eigenvalue weighted by molar-refractivity contribution is 0.126. The van der Waals surface area contributed by atoms with Crippen molar-refractivity contribution in [3.05, 3.63) is 107 Å². The molecule has 0 radical (unpaired) electrons. The summed E-state index contributed by atoms with van der Waals surface area (Å²) in [7, 11) is 0. The number of nitrogens with zero attached hydrogens (tertiary/aromatic N) is 2. The first-order valence-electron chi connectivity index (χ1n) is 10.4. The molecule has 0 spiro atoms. The smallest absolute Gasteiger partial charge is 0.0916 e. The molecule has 1 aromatic heterocycles. The minimum absolute atomic E-state index is 0.270. The van der Waals surface area contributed by atoms with E-state index in [9.17, 15) is 0 Å². The Morgan fingerprint density at radius 2 is 1.24 bits per heavy atom. The van der Waals surface area contributed by atoms with Crippen molar-refractivity contribution < 1.29 is 0 Å². The van der Waals surface area contributed by atoms with Crippen molar-refractivity contribution >= 4 is 10.9 Å². The number of aromatic amines is 1. The maximum Gasteiger partial charge on any atom is 0.0916 e. The van der Waals surface area contributed by atoms with E-state index in [2.05, 4.69) is 107 Å². The van der Waals surface area contributed by atoms with Crippen molar-refractivity contribution in [2.24, 2.45) is 0 Å². The van der Waals surface area contributed by atoms with Gasteiger partial charge in [0, 0.05) is 48.3 Å². The van der Waals surface area contributed by atoms with E-state index in [0.29, 0.717) is 0 Å². The number of aryl methyl sites for hydroxylation is 1. The van der Waals surface area contributed by atoms with Crippen LogP contribution in [0, 0.1) is 6.92 Å². The van der Waals surface area contributed by atoms with Gasteiger partial charge >= 0.3 is 0 Å². The van der Waals surface area contributed by atoms with E-state index in [1.165, 1.54) is 33.3 Å². The van der Waals surface area contributed by atoms with Crippen LogP contribution in [0.3, 0.4) is 0 Å². The summed E-state index contributed by atoms with van der Waals surface area (Å²) in [6, 6.07) is 30.4. The van der Waals surface area contributed by atoms with Crippen molar-refractivity contribution in [2.45, 2.75) is 26.2 Å². The van der Waals surface area contributed by atoms with E-state index in [1.54, 1.807) is 0 Å². The average molecular weight is 382 g/mol. The summed E-state index contributed by atoms with van der Waals surface area (Å²) in [5, 5.41) is 1.34. The summed E-state index contributed by atoms with van der Waals surface area (Å²) in [6.07, 6.45) is 0.270. The van der Waals surface area contributed by atoms with E-state index in [4.69, 9.17) is 0 Å². The number of hydrogen-bond acceptors (Lipinski definition) is 2. The summed E-state index contributed by atoms with van der Waals surface area (Å²) in [4.78, 5) is 8.87. The number of benzene rings is 3. The van der Waals surface area contributed by atoms with E-state index in [-0.39, 0.29) is 6.17 Å². The van der Waals surface area contributed by atoms with E-state index >= 15 is 0 Å². The number of para-hydroxylation sites is 1. The van der Waals surface area contributed by atoms with Gasteiger partial charge in [0.05, 0.1) is 6.17 Å². The minimum atomic E-state index is 0.270. The lowest BCUT2D eigenvalue weighted by Crippen LogP contribution is -2.31. The molecule has 0 unspecified atom stereocenters. The zero-order chi connectivity index (χ0) is 19.6. The van der Waals surface area contributed by atoms with Crippen LogP contribution in [-0.2, 0) is 13.1 Å². The molecule has 2 heterocycles. The fourth-order valence-electron chi connectivity index (χ4n) is 4.70. The monoisotopic (exact) mass is 381 g/mol. The highest BCUT2D eigenvalue weighted by molar-refractivity contribution is 5.85. The first-order chi connectivity index (χ1) is 14.3. The van der Waals surface area contributed by atoms with Crippen molar-refractivity contribution in [1.82, 2.24) is 14.8 Å². The van der Waals surface area contributed by atoms with Gasteiger partial charge in [0.25, 0.3) is 0 Å². The summed E-state index contributed by atoms with van der Waals surface area (Å²) in [5.41, 5.74) is 6.67. The fourth-order valence-corrected chi connectivity index (χ4v) is 4.70. The number of H-pyrrole nitrogens is 1. The standard InChI is InChI=1S/C26H27N3/c1-20-25(23-14-8-9-15-24(23)27-20)26-28(18-21-10-4-2-5-11-21)16-17-29(26)19-22-12-6-3-7-13-22/h2-15,26-27H,16-19H2,1H3. The SMILES string of the molecule is Cc1[nH]c2ccccc2c1C1N(Cc2ccccc2)CCN1Cc1ccccc1. The lowest BCUT2D eigenvalue weighted by atomic mass is 10.1. The van der Waals surface area contributed by atoms with Crippen molar-refractivity contribution in [3.8, 4) is 0 Å². The number of fused-ring (bicyclic) bond motifs is 1. The summed E-state index contributed by atoms with van der Waals surface area (Å²) in [5.74, 6) is 0. The predicted molar refractivity (Wildman–Crippen MR) is 119 cm³/mol. The third kappa shape index (κ3) is 3.59. The highest BCUT2D eigenvalue weighted by atomic mass is 15.4. The van der Waals surface area contributed by atoms with Gasteiger partial charge in [0.15, 0.2) is 0 Å². The molecular formula is C26H27N3. The van der Waals surface area contributed by atoms with Crippen LogP contribution in [-0.4, -0.2) is 27.9 Å². The number of rotatable bonds is 5. The van der Waals surface area contributed by atoms with Gasteiger partial charge in [-0.25, -0.2) is 0 Å². The number of aromatic nitrogens is 1. The Labute approximate surface area is 172 Å². The quantitative estimate of drug-likeness (QED) is 0.494. The Morgan fingerprint density at radius 3 is 1.83 bits per heavy atom. The number of nitrogens with one attached hydrogen (secondary N) is 1. The van der Waals surface area contributed by atoms with Crippen molar-refractivity contribution in [3.63, 3.8) is 0 Å². The molecule has 5 rings (SSSR count). The molecule has 0 saturated carbocycles. The Morgan fingerprint density at radius 1 is 0.724 bits per heavy atom. The molecule has 4 aromatic rings. The van der Waals surface area contributed by atoms with Crippen LogP contribution in [0.2, 0.25) is 0 Å². The van der Waals surface area contributed by atoms with Crippen LogP contribution in [0.5, 0.6) is 0 Å². The van der Waals surface area contributed by atoms with Gasteiger partial charge in [-0.1, -0.05) is 78.9 Å². The first kappa shape index (κ1) is 18.2. The molecule has 1 fully saturated rings. The van der Waals surface area contributed by atoms with Gasteiger partial charge in [-0.05, 0) is 24.1 Å². The highest BCUT2D eigenvalue weighted by Crippen LogP contribution is 2.38. The van der Waals surface area contributed by atoms with E-state index < -0.39 is 0 Å². The molecule has 0 bridgehead atoms. The van der Waals surface area contributed by atoms with E-state index in [1.807, 2.05) is 0 Å². The second-order valence-electron chi connectivity index (χ2n) is 8.00. The van der Waals surface area contributed by atoms with Gasteiger partial charge < -0.3 is 4.98 Å². The van der Waals surface area contributed by atoms with Gasteiger partial charge in [0.2, 0.25) is 0 Å². The Bertz CT molecular complexity index is 1040. The lowest BCUT2D eigenvalue weighted by Gasteiger charge is -2.31. The molecule has 29 heavy (non-hydrogen) atoms. The maximum atomic E-state index is 3.62. The normalized spacial score (nSPS) is 16.0. The Balaban J connectivity index is 1.54. The number of hydrogen-bond donors (Lipinski definition) is 1. The molecule has 0 amide bonds. The fraction of sp³-hybridized carbons (Fsp3) is 0.231. The third-order valence-electron chi connectivity index (χ3n) is 6.02. The highest BCUT2D eigenvalue weighted by Gasteiger charge is 2.35. The Hall–Kier alpha value is -2.88. The van der Waals surface area contributed by atoms with Crippen LogP contribution >= 0.6 is 0 Å². The van der Waals surface area contributed by atoms with Crippen LogP contribution in [0.4, 0.5) is 0 Å². The van der Waals surface area contributed by atoms with Crippen molar-refractivity contribution in [2.75, 3.05) is 13.1 Å². The van der Waals surface area contributed by atoms with Gasteiger partial charge in [-0.3, -0.25) is 9.80 Å². The second-order valence-corrected chi connectivity index (χ2v) is 8.00. The van der Waals surface area contributed by atoms with Crippen LogP contribution in [0.15, 0.2) is 84.9 Å². The topological polar surface area (TPSA) is 22.3 Å².